The molecule has 0 aliphatic carbocycles. The Morgan fingerprint density at radius 3 is 2.65 bits per heavy atom. The molecule has 0 aliphatic rings. The first-order valence-corrected chi connectivity index (χ1v) is 6.63. The Bertz CT molecular complexity index is 549. The van der Waals surface area contributed by atoms with Gasteiger partial charge in [-0.3, -0.25) is 0 Å². The van der Waals surface area contributed by atoms with Crippen molar-refractivity contribution in [2.45, 2.75) is 4.90 Å². The molecule has 5 nitrogen and oxygen atoms in total. The predicted octanol–water partition coefficient (Wildman–Crippen LogP) is 1.02. The van der Waals surface area contributed by atoms with E-state index < -0.39 is 15.8 Å². The van der Waals surface area contributed by atoms with Gasteiger partial charge in [-0.25, -0.2) is 13.2 Å². The quantitative estimate of drug-likeness (QED) is 0.493. The average Bonchev–Trinajstić information content (AvgIpc) is 2.23. The summed E-state index contributed by atoms with van der Waals surface area (Å²) in [5.41, 5.74) is 5.80. The first-order valence-electron chi connectivity index (χ1n) is 4.74. The Kier molecular flexibility index (Phi) is 3.90. The molecule has 0 atom stereocenters. The van der Waals surface area contributed by atoms with E-state index in [2.05, 4.69) is 6.58 Å². The first kappa shape index (κ1) is 13.2. The average molecular weight is 255 g/mol. The van der Waals surface area contributed by atoms with E-state index in [4.69, 9.17) is 10.5 Å². The van der Waals surface area contributed by atoms with Gasteiger partial charge < -0.3 is 10.5 Å². The highest BCUT2D eigenvalue weighted by molar-refractivity contribution is 7.90. The Hall–Kier alpha value is -1.82. The minimum atomic E-state index is -3.39. The normalized spacial score (nSPS) is 10.9. The maximum absolute atomic E-state index is 11.4. The fourth-order valence-electron chi connectivity index (χ4n) is 1.23. The van der Waals surface area contributed by atoms with Crippen LogP contribution in [0, 0.1) is 0 Å². The zero-order valence-corrected chi connectivity index (χ0v) is 10.2. The van der Waals surface area contributed by atoms with Crippen molar-refractivity contribution in [2.24, 2.45) is 0 Å². The predicted molar refractivity (Wildman–Crippen MR) is 64.4 cm³/mol. The summed E-state index contributed by atoms with van der Waals surface area (Å²) in [5, 5.41) is 0. The lowest BCUT2D eigenvalue weighted by Crippen LogP contribution is -2.08. The molecule has 0 saturated heterocycles. The topological polar surface area (TPSA) is 86.5 Å². The van der Waals surface area contributed by atoms with Crippen LogP contribution in [-0.2, 0) is 14.6 Å². The number of esters is 1. The van der Waals surface area contributed by atoms with Crippen LogP contribution in [0.4, 0.5) is 5.69 Å². The van der Waals surface area contributed by atoms with E-state index in [0.29, 0.717) is 0 Å². The minimum absolute atomic E-state index is 0.00206. The van der Waals surface area contributed by atoms with Crippen LogP contribution in [0.25, 0.3) is 0 Å². The fraction of sp³-hybridized carbons (Fsp3) is 0.182. The molecule has 92 valence electrons. The molecule has 0 unspecified atom stereocenters. The number of ether oxygens (including phenoxy) is 1. The van der Waals surface area contributed by atoms with E-state index in [1.165, 1.54) is 24.3 Å². The van der Waals surface area contributed by atoms with Crippen LogP contribution in [-0.4, -0.2) is 27.2 Å². The largest absolute Gasteiger partial charge is 0.458 e. The summed E-state index contributed by atoms with van der Waals surface area (Å²) in [6, 6.07) is 3.93. The van der Waals surface area contributed by atoms with Crippen LogP contribution in [0.1, 0.15) is 10.4 Å². The van der Waals surface area contributed by atoms with Crippen molar-refractivity contribution >= 4 is 21.5 Å². The number of carbonyl (C=O) groups excluding carboxylic acids is 1. The van der Waals surface area contributed by atoms with Crippen LogP contribution in [0.5, 0.6) is 0 Å². The number of benzene rings is 1. The number of hydrogen-bond donors (Lipinski definition) is 1. The molecule has 0 heterocycles. The molecular weight excluding hydrogens is 242 g/mol. The number of rotatable bonds is 4. The van der Waals surface area contributed by atoms with E-state index in [9.17, 15) is 13.2 Å². The SMILES string of the molecule is C=CCOC(=O)c1ccc(S(C)(=O)=O)c(N)c1. The molecule has 17 heavy (non-hydrogen) atoms. The summed E-state index contributed by atoms with van der Waals surface area (Å²) in [5.74, 6) is -0.573. The van der Waals surface area contributed by atoms with Crippen molar-refractivity contribution in [3.8, 4) is 0 Å². The van der Waals surface area contributed by atoms with Crippen molar-refractivity contribution in [2.75, 3.05) is 18.6 Å². The monoisotopic (exact) mass is 255 g/mol. The molecule has 1 aromatic carbocycles. The Labute approximate surface area is 99.8 Å². The Balaban J connectivity index is 3.05. The first-order chi connectivity index (χ1) is 7.86. The molecule has 2 N–H and O–H groups in total. The molecule has 1 rings (SSSR count). The van der Waals surface area contributed by atoms with Gasteiger partial charge in [0.2, 0.25) is 0 Å². The van der Waals surface area contributed by atoms with Crippen LogP contribution < -0.4 is 5.73 Å². The van der Waals surface area contributed by atoms with Gasteiger partial charge in [-0.2, -0.15) is 0 Å². The number of anilines is 1. The fourth-order valence-corrected chi connectivity index (χ4v) is 2.03. The van der Waals surface area contributed by atoms with Gasteiger partial charge in [-0.05, 0) is 18.2 Å². The number of carbonyl (C=O) groups is 1. The molecule has 0 aromatic heterocycles. The lowest BCUT2D eigenvalue weighted by Gasteiger charge is -2.06. The molecular formula is C11H13NO4S. The molecule has 0 saturated carbocycles. The maximum atomic E-state index is 11.4. The molecule has 0 fully saturated rings. The third-order valence-electron chi connectivity index (χ3n) is 1.98. The van der Waals surface area contributed by atoms with Gasteiger partial charge in [0.25, 0.3) is 0 Å². The van der Waals surface area contributed by atoms with E-state index >= 15 is 0 Å². The van der Waals surface area contributed by atoms with Gasteiger partial charge in [0, 0.05) is 6.26 Å². The molecule has 0 aliphatic heterocycles. The summed E-state index contributed by atoms with van der Waals surface area (Å²) in [6.45, 7) is 3.50. The summed E-state index contributed by atoms with van der Waals surface area (Å²) in [7, 11) is -3.39. The van der Waals surface area contributed by atoms with Crippen molar-refractivity contribution < 1.29 is 17.9 Å². The smallest absolute Gasteiger partial charge is 0.338 e. The summed E-state index contributed by atoms with van der Waals surface area (Å²) in [4.78, 5) is 11.4. The lowest BCUT2D eigenvalue weighted by atomic mass is 10.2. The van der Waals surface area contributed by atoms with Gasteiger partial charge in [0.05, 0.1) is 16.1 Å². The Morgan fingerprint density at radius 1 is 1.53 bits per heavy atom. The van der Waals surface area contributed by atoms with Crippen molar-refractivity contribution in [1.82, 2.24) is 0 Å². The van der Waals surface area contributed by atoms with Gasteiger partial charge in [-0.1, -0.05) is 12.7 Å². The molecule has 1 aromatic rings. The van der Waals surface area contributed by atoms with Crippen molar-refractivity contribution in [1.29, 1.82) is 0 Å². The lowest BCUT2D eigenvalue weighted by molar-refractivity contribution is 0.0549. The number of hydrogen-bond acceptors (Lipinski definition) is 5. The van der Waals surface area contributed by atoms with Gasteiger partial charge in [0.1, 0.15) is 6.61 Å². The summed E-state index contributed by atoms with van der Waals surface area (Å²) in [6.07, 6.45) is 2.49. The molecule has 0 radical (unpaired) electrons. The van der Waals surface area contributed by atoms with Gasteiger partial charge in [0.15, 0.2) is 9.84 Å². The van der Waals surface area contributed by atoms with E-state index in [1.54, 1.807) is 0 Å². The van der Waals surface area contributed by atoms with Crippen LogP contribution in [0.2, 0.25) is 0 Å². The van der Waals surface area contributed by atoms with E-state index in [-0.39, 0.29) is 22.8 Å². The summed E-state index contributed by atoms with van der Waals surface area (Å²) < 4.78 is 27.4. The van der Waals surface area contributed by atoms with Crippen LogP contribution in [0.3, 0.4) is 0 Å². The standard InChI is InChI=1S/C11H13NO4S/c1-3-6-16-11(13)8-4-5-10(9(12)7-8)17(2,14)15/h3-5,7H,1,6,12H2,2H3. The second-order valence-electron chi connectivity index (χ2n) is 3.41. The number of nitrogen functional groups attached to an aromatic ring is 1. The second kappa shape index (κ2) is 5.01. The van der Waals surface area contributed by atoms with Crippen LogP contribution >= 0.6 is 0 Å². The number of sulfone groups is 1. The third kappa shape index (κ3) is 3.32. The third-order valence-corrected chi connectivity index (χ3v) is 3.15. The molecule has 0 amide bonds. The molecule has 0 bridgehead atoms. The summed E-state index contributed by atoms with van der Waals surface area (Å²) >= 11 is 0. The van der Waals surface area contributed by atoms with E-state index in [1.807, 2.05) is 0 Å². The zero-order chi connectivity index (χ0) is 13.1. The molecule has 0 spiro atoms. The highest BCUT2D eigenvalue weighted by Crippen LogP contribution is 2.20. The zero-order valence-electron chi connectivity index (χ0n) is 9.34. The maximum Gasteiger partial charge on any atom is 0.338 e. The minimum Gasteiger partial charge on any atom is -0.458 e. The van der Waals surface area contributed by atoms with Crippen molar-refractivity contribution in [3.05, 3.63) is 36.4 Å². The highest BCUT2D eigenvalue weighted by Gasteiger charge is 2.14. The van der Waals surface area contributed by atoms with Gasteiger partial charge in [-0.15, -0.1) is 0 Å². The number of nitrogens with two attached hydrogens (primary N) is 1. The second-order valence-corrected chi connectivity index (χ2v) is 5.40. The Morgan fingerprint density at radius 2 is 2.18 bits per heavy atom. The molecule has 6 heteroatoms. The van der Waals surface area contributed by atoms with E-state index in [0.717, 1.165) is 6.26 Å². The van der Waals surface area contributed by atoms with Crippen molar-refractivity contribution in [3.63, 3.8) is 0 Å². The van der Waals surface area contributed by atoms with Crippen LogP contribution in [0.15, 0.2) is 35.7 Å². The van der Waals surface area contributed by atoms with Gasteiger partial charge >= 0.3 is 5.97 Å². The highest BCUT2D eigenvalue weighted by atomic mass is 32.2.